The normalized spacial score (nSPS) is 20.5. The molecule has 0 bridgehead atoms. The van der Waals surface area contributed by atoms with Crippen LogP contribution in [0.4, 0.5) is 8.78 Å². The lowest BCUT2D eigenvalue weighted by atomic mass is 10.0. The van der Waals surface area contributed by atoms with Crippen molar-refractivity contribution in [3.63, 3.8) is 0 Å². The molecule has 6 heteroatoms. The SMILES string of the molecule is C[C@@H]([NH2+]CC(=O)NC1CC[NH+](Cc2ccccc2)CC1)c1ccc(F)cc1F. The molecule has 1 fully saturated rings. The smallest absolute Gasteiger partial charge is 0.275 e. The Morgan fingerprint density at radius 2 is 1.89 bits per heavy atom. The first-order valence-corrected chi connectivity index (χ1v) is 9.96. The molecule has 0 radical (unpaired) electrons. The molecular formula is C22H29F2N3O+2. The lowest BCUT2D eigenvalue weighted by Crippen LogP contribution is -3.12. The van der Waals surface area contributed by atoms with Gasteiger partial charge in [-0.1, -0.05) is 30.3 Å². The van der Waals surface area contributed by atoms with Gasteiger partial charge in [0.05, 0.1) is 13.1 Å². The van der Waals surface area contributed by atoms with E-state index in [1.165, 1.54) is 17.7 Å². The third kappa shape index (κ3) is 5.84. The molecule has 0 saturated carbocycles. The first-order chi connectivity index (χ1) is 13.5. The van der Waals surface area contributed by atoms with Crippen molar-refractivity contribution in [1.29, 1.82) is 0 Å². The first-order valence-electron chi connectivity index (χ1n) is 9.96. The average Bonchev–Trinajstić information content (AvgIpc) is 2.68. The summed E-state index contributed by atoms with van der Waals surface area (Å²) < 4.78 is 26.8. The molecule has 0 aliphatic carbocycles. The molecule has 0 spiro atoms. The molecule has 1 aliphatic rings. The highest BCUT2D eigenvalue weighted by Crippen LogP contribution is 2.14. The number of rotatable bonds is 7. The van der Waals surface area contributed by atoms with Crippen LogP contribution in [0.3, 0.4) is 0 Å². The van der Waals surface area contributed by atoms with Crippen LogP contribution in [0, 0.1) is 11.6 Å². The Morgan fingerprint density at radius 1 is 1.18 bits per heavy atom. The van der Waals surface area contributed by atoms with Crippen molar-refractivity contribution >= 4 is 5.91 Å². The summed E-state index contributed by atoms with van der Waals surface area (Å²) in [6.07, 6.45) is 1.94. The number of likely N-dealkylation sites (tertiary alicyclic amines) is 1. The summed E-state index contributed by atoms with van der Waals surface area (Å²) in [5.41, 5.74) is 1.75. The van der Waals surface area contributed by atoms with Crippen molar-refractivity contribution in [1.82, 2.24) is 5.32 Å². The van der Waals surface area contributed by atoms with Crippen LogP contribution in [0.2, 0.25) is 0 Å². The van der Waals surface area contributed by atoms with Crippen LogP contribution < -0.4 is 15.5 Å². The maximum atomic E-state index is 13.8. The van der Waals surface area contributed by atoms with Crippen LogP contribution in [0.1, 0.15) is 36.9 Å². The average molecular weight is 389 g/mol. The van der Waals surface area contributed by atoms with Gasteiger partial charge >= 0.3 is 0 Å². The second kappa shape index (κ2) is 9.75. The summed E-state index contributed by atoms with van der Waals surface area (Å²) in [7, 11) is 0. The van der Waals surface area contributed by atoms with E-state index in [2.05, 4.69) is 29.6 Å². The number of halogens is 2. The van der Waals surface area contributed by atoms with E-state index in [1.807, 2.05) is 13.0 Å². The molecule has 4 nitrogen and oxygen atoms in total. The molecular weight excluding hydrogens is 360 g/mol. The van der Waals surface area contributed by atoms with E-state index < -0.39 is 11.6 Å². The molecule has 3 rings (SSSR count). The number of piperidine rings is 1. The van der Waals surface area contributed by atoms with Crippen molar-refractivity contribution < 1.29 is 23.8 Å². The van der Waals surface area contributed by atoms with Gasteiger partial charge in [-0.25, -0.2) is 8.78 Å². The van der Waals surface area contributed by atoms with Gasteiger partial charge in [0.25, 0.3) is 5.91 Å². The largest absolute Gasteiger partial charge is 0.348 e. The number of carbonyl (C=O) groups is 1. The van der Waals surface area contributed by atoms with Gasteiger partial charge < -0.3 is 15.5 Å². The van der Waals surface area contributed by atoms with Gasteiger partial charge in [0.1, 0.15) is 24.2 Å². The second-order valence-electron chi connectivity index (χ2n) is 7.65. The van der Waals surface area contributed by atoms with Crippen molar-refractivity contribution in [2.75, 3.05) is 19.6 Å². The number of nitrogens with two attached hydrogens (primary N) is 1. The Kier molecular flexibility index (Phi) is 7.12. The van der Waals surface area contributed by atoms with Gasteiger partial charge in [-0.05, 0) is 19.1 Å². The Bertz CT molecular complexity index is 777. The third-order valence-electron chi connectivity index (χ3n) is 5.46. The zero-order chi connectivity index (χ0) is 19.9. The molecule has 1 aliphatic heterocycles. The summed E-state index contributed by atoms with van der Waals surface area (Å²) in [6, 6.07) is 14.0. The fourth-order valence-corrected chi connectivity index (χ4v) is 3.80. The highest BCUT2D eigenvalue weighted by atomic mass is 19.1. The van der Waals surface area contributed by atoms with Crippen LogP contribution in [-0.2, 0) is 11.3 Å². The van der Waals surface area contributed by atoms with Crippen molar-refractivity contribution in [3.05, 3.63) is 71.3 Å². The Morgan fingerprint density at radius 3 is 2.57 bits per heavy atom. The molecule has 4 N–H and O–H groups in total. The van der Waals surface area contributed by atoms with E-state index in [0.29, 0.717) is 5.56 Å². The number of amides is 1. The Hall–Kier alpha value is -2.31. The lowest BCUT2D eigenvalue weighted by molar-refractivity contribution is -0.918. The van der Waals surface area contributed by atoms with E-state index in [4.69, 9.17) is 0 Å². The molecule has 1 atom stereocenters. The standard InChI is InChI=1S/C22H27F2N3O/c1-16(20-8-7-18(23)13-21(20)24)25-14-22(28)26-19-9-11-27(12-10-19)15-17-5-3-2-4-6-17/h2-8,13,16,19,25H,9-12,14-15H2,1H3,(H,26,28)/p+2/t16-/m1/s1. The summed E-state index contributed by atoms with van der Waals surface area (Å²) in [5.74, 6) is -1.20. The Labute approximate surface area is 164 Å². The predicted octanol–water partition coefficient (Wildman–Crippen LogP) is 0.953. The topological polar surface area (TPSA) is 50.1 Å². The minimum atomic E-state index is -0.591. The van der Waals surface area contributed by atoms with Crippen LogP contribution >= 0.6 is 0 Å². The minimum absolute atomic E-state index is 0.0362. The number of carbonyl (C=O) groups excluding carboxylic acids is 1. The molecule has 2 aromatic rings. The zero-order valence-electron chi connectivity index (χ0n) is 16.3. The Balaban J connectivity index is 1.38. The number of hydrogen-bond donors (Lipinski definition) is 3. The molecule has 2 aromatic carbocycles. The summed E-state index contributed by atoms with van der Waals surface area (Å²) in [4.78, 5) is 13.8. The van der Waals surface area contributed by atoms with E-state index in [0.717, 1.165) is 38.5 Å². The summed E-state index contributed by atoms with van der Waals surface area (Å²) in [5, 5.41) is 4.88. The van der Waals surface area contributed by atoms with Gasteiger partial charge in [0, 0.05) is 36.1 Å². The number of benzene rings is 2. The van der Waals surface area contributed by atoms with E-state index in [9.17, 15) is 13.6 Å². The van der Waals surface area contributed by atoms with Crippen LogP contribution in [-0.4, -0.2) is 31.6 Å². The zero-order valence-corrected chi connectivity index (χ0v) is 16.3. The molecule has 1 saturated heterocycles. The first kappa shape index (κ1) is 20.4. The number of hydrogen-bond acceptors (Lipinski definition) is 1. The molecule has 150 valence electrons. The molecule has 1 amide bonds. The maximum absolute atomic E-state index is 13.8. The minimum Gasteiger partial charge on any atom is -0.348 e. The second-order valence-corrected chi connectivity index (χ2v) is 7.65. The number of quaternary nitrogens is 2. The van der Waals surface area contributed by atoms with Crippen molar-refractivity contribution in [3.8, 4) is 0 Å². The quantitative estimate of drug-likeness (QED) is 0.649. The highest BCUT2D eigenvalue weighted by Gasteiger charge is 2.24. The van der Waals surface area contributed by atoms with Crippen molar-refractivity contribution in [2.24, 2.45) is 0 Å². The van der Waals surface area contributed by atoms with E-state index in [1.54, 1.807) is 10.2 Å². The summed E-state index contributed by atoms with van der Waals surface area (Å²) >= 11 is 0. The van der Waals surface area contributed by atoms with Gasteiger partial charge in [-0.3, -0.25) is 4.79 Å². The predicted molar refractivity (Wildman–Crippen MR) is 104 cm³/mol. The maximum Gasteiger partial charge on any atom is 0.275 e. The lowest BCUT2D eigenvalue weighted by Gasteiger charge is -2.29. The van der Waals surface area contributed by atoms with Crippen LogP contribution in [0.5, 0.6) is 0 Å². The fraction of sp³-hybridized carbons (Fsp3) is 0.409. The van der Waals surface area contributed by atoms with Gasteiger partial charge in [-0.15, -0.1) is 0 Å². The molecule has 1 heterocycles. The van der Waals surface area contributed by atoms with Crippen molar-refractivity contribution in [2.45, 2.75) is 38.4 Å². The third-order valence-corrected chi connectivity index (χ3v) is 5.46. The number of nitrogens with one attached hydrogen (secondary N) is 2. The van der Waals surface area contributed by atoms with Gasteiger partial charge in [0.15, 0.2) is 6.54 Å². The van der Waals surface area contributed by atoms with Crippen LogP contribution in [0.25, 0.3) is 0 Å². The summed E-state index contributed by atoms with van der Waals surface area (Å²) in [6.45, 7) is 5.15. The van der Waals surface area contributed by atoms with Crippen LogP contribution in [0.15, 0.2) is 48.5 Å². The van der Waals surface area contributed by atoms with E-state index >= 15 is 0 Å². The highest BCUT2D eigenvalue weighted by molar-refractivity contribution is 5.77. The molecule has 0 aromatic heterocycles. The van der Waals surface area contributed by atoms with Gasteiger partial charge in [0.2, 0.25) is 0 Å². The fourth-order valence-electron chi connectivity index (χ4n) is 3.80. The van der Waals surface area contributed by atoms with E-state index in [-0.39, 0.29) is 24.5 Å². The molecule has 0 unspecified atom stereocenters. The monoisotopic (exact) mass is 389 g/mol. The molecule has 28 heavy (non-hydrogen) atoms. The van der Waals surface area contributed by atoms with Gasteiger partial charge in [-0.2, -0.15) is 0 Å².